The van der Waals surface area contributed by atoms with Crippen LogP contribution in [0, 0.1) is 6.92 Å². The van der Waals surface area contributed by atoms with Crippen molar-refractivity contribution in [2.45, 2.75) is 44.6 Å². The van der Waals surface area contributed by atoms with Crippen molar-refractivity contribution in [2.24, 2.45) is 0 Å². The van der Waals surface area contributed by atoms with Gasteiger partial charge in [0.1, 0.15) is 6.54 Å². The van der Waals surface area contributed by atoms with Gasteiger partial charge < -0.3 is 5.32 Å². The van der Waals surface area contributed by atoms with Crippen molar-refractivity contribution in [2.75, 3.05) is 10.8 Å². The van der Waals surface area contributed by atoms with Gasteiger partial charge in [-0.05, 0) is 57.5 Å². The third-order valence-electron chi connectivity index (χ3n) is 4.35. The Labute approximate surface area is 166 Å². The van der Waals surface area contributed by atoms with E-state index in [0.29, 0.717) is 10.7 Å². The molecule has 2 aromatic rings. The molecule has 0 aliphatic heterocycles. The van der Waals surface area contributed by atoms with Gasteiger partial charge in [-0.1, -0.05) is 42.3 Å². The van der Waals surface area contributed by atoms with Crippen LogP contribution in [-0.2, 0) is 14.8 Å². The quantitative estimate of drug-likeness (QED) is 0.748. The van der Waals surface area contributed by atoms with Crippen LogP contribution in [0.2, 0.25) is 5.02 Å². The van der Waals surface area contributed by atoms with Crippen LogP contribution in [0.3, 0.4) is 0 Å². The lowest BCUT2D eigenvalue weighted by Crippen LogP contribution is -2.48. The number of sulfonamides is 1. The molecule has 0 unspecified atom stereocenters. The van der Waals surface area contributed by atoms with Gasteiger partial charge in [0.25, 0.3) is 10.0 Å². The van der Waals surface area contributed by atoms with Crippen molar-refractivity contribution in [3.63, 3.8) is 0 Å². The summed E-state index contributed by atoms with van der Waals surface area (Å²) in [5, 5.41) is 3.27. The molecule has 0 radical (unpaired) electrons. The van der Waals surface area contributed by atoms with Gasteiger partial charge in [-0.25, -0.2) is 8.42 Å². The number of carbonyl (C=O) groups excluding carboxylic acids is 1. The molecule has 2 aromatic carbocycles. The van der Waals surface area contributed by atoms with Crippen LogP contribution in [0.1, 0.15) is 32.8 Å². The topological polar surface area (TPSA) is 66.5 Å². The van der Waals surface area contributed by atoms with Gasteiger partial charge in [0.15, 0.2) is 0 Å². The van der Waals surface area contributed by atoms with E-state index in [4.69, 9.17) is 11.6 Å². The van der Waals surface area contributed by atoms with Crippen LogP contribution in [0.5, 0.6) is 0 Å². The number of halogens is 1. The van der Waals surface area contributed by atoms with Gasteiger partial charge in [-0.15, -0.1) is 0 Å². The maximum Gasteiger partial charge on any atom is 0.264 e. The Bertz CT molecular complexity index is 909. The first-order valence-corrected chi connectivity index (χ1v) is 10.5. The van der Waals surface area contributed by atoms with Crippen LogP contribution in [0.4, 0.5) is 5.69 Å². The van der Waals surface area contributed by atoms with Gasteiger partial charge in [0.2, 0.25) is 5.91 Å². The molecule has 2 rings (SSSR count). The number of carbonyl (C=O) groups is 1. The maximum absolute atomic E-state index is 13.2. The number of nitrogens with zero attached hydrogens (tertiary/aromatic N) is 1. The normalized spacial score (nSPS) is 11.9. The average Bonchev–Trinajstić information content (AvgIpc) is 2.59. The molecule has 0 heterocycles. The molecule has 0 fully saturated rings. The smallest absolute Gasteiger partial charge is 0.264 e. The van der Waals surface area contributed by atoms with Gasteiger partial charge in [-0.3, -0.25) is 9.10 Å². The van der Waals surface area contributed by atoms with E-state index >= 15 is 0 Å². The fraction of sp³-hybridized carbons (Fsp3) is 0.350. The molecule has 1 N–H and O–H groups in total. The Morgan fingerprint density at radius 2 is 1.78 bits per heavy atom. The number of anilines is 1. The molecule has 1 amide bonds. The second-order valence-corrected chi connectivity index (χ2v) is 9.39. The summed E-state index contributed by atoms with van der Waals surface area (Å²) < 4.78 is 27.5. The molecule has 27 heavy (non-hydrogen) atoms. The minimum atomic E-state index is -3.93. The molecular weight excluding hydrogens is 384 g/mol. The molecule has 0 aliphatic rings. The Hall–Kier alpha value is -2.05. The van der Waals surface area contributed by atoms with Crippen molar-refractivity contribution in [1.82, 2.24) is 5.32 Å². The van der Waals surface area contributed by atoms with Crippen molar-refractivity contribution in [3.8, 4) is 0 Å². The molecule has 0 aliphatic carbocycles. The Kier molecular flexibility index (Phi) is 6.54. The predicted molar refractivity (Wildman–Crippen MR) is 110 cm³/mol. The van der Waals surface area contributed by atoms with E-state index in [-0.39, 0.29) is 17.3 Å². The van der Waals surface area contributed by atoms with E-state index < -0.39 is 15.6 Å². The third-order valence-corrected chi connectivity index (χ3v) is 6.38. The fourth-order valence-corrected chi connectivity index (χ4v) is 4.02. The molecule has 0 saturated carbocycles. The van der Waals surface area contributed by atoms with Crippen LogP contribution in [0.25, 0.3) is 0 Å². The van der Waals surface area contributed by atoms with Crippen LogP contribution in [-0.4, -0.2) is 26.4 Å². The second kappa shape index (κ2) is 8.31. The molecule has 0 aromatic heterocycles. The number of benzene rings is 2. The SMILES string of the molecule is CCC(C)(C)NC(=O)CN(c1cccc(Cl)c1)S(=O)(=O)c1ccc(C)cc1. The molecule has 0 bridgehead atoms. The monoisotopic (exact) mass is 408 g/mol. The molecule has 7 heteroatoms. The molecule has 146 valence electrons. The second-order valence-electron chi connectivity index (χ2n) is 7.09. The summed E-state index contributed by atoms with van der Waals surface area (Å²) in [6.07, 6.45) is 0.723. The fourth-order valence-electron chi connectivity index (χ4n) is 2.42. The van der Waals surface area contributed by atoms with E-state index in [9.17, 15) is 13.2 Å². The lowest BCUT2D eigenvalue weighted by Gasteiger charge is -2.28. The zero-order valence-electron chi connectivity index (χ0n) is 16.0. The molecule has 0 saturated heterocycles. The summed E-state index contributed by atoms with van der Waals surface area (Å²) in [6, 6.07) is 13.0. The average molecular weight is 409 g/mol. The molecule has 0 spiro atoms. The zero-order valence-corrected chi connectivity index (χ0v) is 17.6. The summed E-state index contributed by atoms with van der Waals surface area (Å²) in [5.74, 6) is -0.377. The summed E-state index contributed by atoms with van der Waals surface area (Å²) in [5.41, 5.74) is 0.864. The summed E-state index contributed by atoms with van der Waals surface area (Å²) >= 11 is 6.05. The number of hydrogen-bond donors (Lipinski definition) is 1. The number of amides is 1. The summed E-state index contributed by atoms with van der Waals surface area (Å²) in [4.78, 5) is 12.7. The van der Waals surface area contributed by atoms with Crippen molar-refractivity contribution in [3.05, 3.63) is 59.1 Å². The van der Waals surface area contributed by atoms with Gasteiger partial charge in [0.05, 0.1) is 10.6 Å². The van der Waals surface area contributed by atoms with Gasteiger partial charge in [-0.2, -0.15) is 0 Å². The highest BCUT2D eigenvalue weighted by atomic mass is 35.5. The molecule has 5 nitrogen and oxygen atoms in total. The number of hydrogen-bond acceptors (Lipinski definition) is 3. The number of rotatable bonds is 7. The van der Waals surface area contributed by atoms with Gasteiger partial charge >= 0.3 is 0 Å². The largest absolute Gasteiger partial charge is 0.350 e. The Morgan fingerprint density at radius 3 is 2.33 bits per heavy atom. The summed E-state index contributed by atoms with van der Waals surface area (Å²) in [6.45, 7) is 7.29. The maximum atomic E-state index is 13.2. The van der Waals surface area contributed by atoms with Crippen LogP contribution in [0.15, 0.2) is 53.4 Å². The molecule has 0 atom stereocenters. The lowest BCUT2D eigenvalue weighted by atomic mass is 10.0. The first kappa shape index (κ1) is 21.3. The minimum absolute atomic E-state index is 0.121. The van der Waals surface area contributed by atoms with E-state index in [1.54, 1.807) is 30.3 Å². The van der Waals surface area contributed by atoms with Crippen LogP contribution < -0.4 is 9.62 Å². The Balaban J connectivity index is 2.44. The predicted octanol–water partition coefficient (Wildman–Crippen LogP) is 4.15. The van der Waals surface area contributed by atoms with Gasteiger partial charge in [0, 0.05) is 10.6 Å². The first-order valence-electron chi connectivity index (χ1n) is 8.71. The first-order chi connectivity index (χ1) is 12.5. The summed E-state index contributed by atoms with van der Waals surface area (Å²) in [7, 11) is -3.93. The third kappa shape index (κ3) is 5.47. The standard InChI is InChI=1S/C20H25ClN2O3S/c1-5-20(3,4)22-19(24)14-23(17-8-6-7-16(21)13-17)27(25,26)18-11-9-15(2)10-12-18/h6-13H,5,14H2,1-4H3,(H,22,24). The van der Waals surface area contributed by atoms with Crippen molar-refractivity contribution in [1.29, 1.82) is 0 Å². The Morgan fingerprint density at radius 1 is 1.15 bits per heavy atom. The van der Waals surface area contributed by atoms with E-state index in [1.165, 1.54) is 18.2 Å². The highest BCUT2D eigenvalue weighted by Crippen LogP contribution is 2.26. The van der Waals surface area contributed by atoms with E-state index in [1.807, 2.05) is 27.7 Å². The number of nitrogens with one attached hydrogen (secondary N) is 1. The highest BCUT2D eigenvalue weighted by Gasteiger charge is 2.29. The molecular formula is C20H25ClN2O3S. The zero-order chi connectivity index (χ0) is 20.2. The van der Waals surface area contributed by atoms with Crippen LogP contribution >= 0.6 is 11.6 Å². The minimum Gasteiger partial charge on any atom is -0.350 e. The van der Waals surface area contributed by atoms with Crippen molar-refractivity contribution < 1.29 is 13.2 Å². The van der Waals surface area contributed by atoms with E-state index in [0.717, 1.165) is 16.3 Å². The van der Waals surface area contributed by atoms with Crippen molar-refractivity contribution >= 4 is 33.2 Å². The van der Waals surface area contributed by atoms with E-state index in [2.05, 4.69) is 5.32 Å². The highest BCUT2D eigenvalue weighted by molar-refractivity contribution is 7.92. The lowest BCUT2D eigenvalue weighted by molar-refractivity contribution is -0.121. The number of aryl methyl sites for hydroxylation is 1.